The Balaban J connectivity index is 2.95. The smallest absolute Gasteiger partial charge is 0.378 e. The summed E-state index contributed by atoms with van der Waals surface area (Å²) >= 11 is 17.6. The summed E-state index contributed by atoms with van der Waals surface area (Å²) in [4.78, 5) is 34.9. The van der Waals surface area contributed by atoms with E-state index in [1.54, 1.807) is 0 Å². The van der Waals surface area contributed by atoms with Gasteiger partial charge in [0.25, 0.3) is 0 Å². The number of hydrogen-bond donors (Lipinski definition) is 2. The van der Waals surface area contributed by atoms with Gasteiger partial charge in [-0.25, -0.2) is 14.4 Å². The quantitative estimate of drug-likeness (QED) is 0.257. The molecule has 1 heterocycles. The van der Waals surface area contributed by atoms with Gasteiger partial charge >= 0.3 is 17.9 Å². The number of ether oxygens (including phenoxy) is 3. The van der Waals surface area contributed by atoms with E-state index in [1.807, 2.05) is 0 Å². The standard InChI is InChI=1S/C10H6Br6O8/c11-9(12,13)7(20)22-1-2(23-8(21)10(14,15)16)5-3(17)4(18)6(19)24-5/h2,5,17-18H,1H2. The predicted molar refractivity (Wildman–Crippen MR) is 102 cm³/mol. The highest BCUT2D eigenvalue weighted by Gasteiger charge is 2.45. The second kappa shape index (κ2) is 8.55. The molecular formula is C10H6Br6O8. The van der Waals surface area contributed by atoms with Crippen LogP contribution in [0.5, 0.6) is 0 Å². The Morgan fingerprint density at radius 2 is 1.58 bits per heavy atom. The molecule has 0 aromatic heterocycles. The van der Waals surface area contributed by atoms with E-state index in [1.165, 1.54) is 0 Å². The Kier molecular flexibility index (Phi) is 8.07. The summed E-state index contributed by atoms with van der Waals surface area (Å²) in [6.07, 6.45) is -2.98. The summed E-state index contributed by atoms with van der Waals surface area (Å²) in [7, 11) is 0. The number of carbonyl (C=O) groups excluding carboxylic acids is 3. The van der Waals surface area contributed by atoms with Crippen LogP contribution in [0.25, 0.3) is 0 Å². The number of aliphatic hydroxyl groups is 2. The Bertz CT molecular complexity index is 577. The highest BCUT2D eigenvalue weighted by molar-refractivity contribution is 9.40. The number of carbonyl (C=O) groups is 3. The Morgan fingerprint density at radius 1 is 1.08 bits per heavy atom. The average Bonchev–Trinajstić information content (AvgIpc) is 2.68. The van der Waals surface area contributed by atoms with Gasteiger partial charge in [-0.05, 0) is 95.6 Å². The summed E-state index contributed by atoms with van der Waals surface area (Å²) in [5.41, 5.74) is 0. The summed E-state index contributed by atoms with van der Waals surface area (Å²) in [6, 6.07) is 0. The van der Waals surface area contributed by atoms with Crippen LogP contribution >= 0.6 is 95.6 Å². The molecule has 8 nitrogen and oxygen atoms in total. The molecular weight excluding hydrogens is 728 g/mol. The van der Waals surface area contributed by atoms with E-state index in [0.717, 1.165) is 0 Å². The van der Waals surface area contributed by atoms with Gasteiger partial charge < -0.3 is 24.4 Å². The molecule has 24 heavy (non-hydrogen) atoms. The molecule has 1 aliphatic heterocycles. The second-order valence-electron chi connectivity index (χ2n) is 4.10. The molecule has 1 rings (SSSR count). The Hall–Kier alpha value is 0.630. The number of alkyl halides is 6. The second-order valence-corrected chi connectivity index (χ2v) is 17.6. The Morgan fingerprint density at radius 3 is 1.96 bits per heavy atom. The predicted octanol–water partition coefficient (Wildman–Crippen LogP) is 3.37. The van der Waals surface area contributed by atoms with Crippen molar-refractivity contribution in [2.24, 2.45) is 0 Å². The molecule has 2 unspecified atom stereocenters. The first kappa shape index (κ1) is 22.7. The van der Waals surface area contributed by atoms with Crippen LogP contribution in [0.4, 0.5) is 0 Å². The maximum Gasteiger partial charge on any atom is 0.378 e. The number of esters is 3. The molecule has 0 radical (unpaired) electrons. The molecule has 0 bridgehead atoms. The minimum Gasteiger partial charge on any atom is -0.505 e. The van der Waals surface area contributed by atoms with Crippen LogP contribution in [0.3, 0.4) is 0 Å². The molecule has 0 spiro atoms. The Labute approximate surface area is 185 Å². The minimum atomic E-state index is -1.54. The fourth-order valence-electron chi connectivity index (χ4n) is 1.35. The van der Waals surface area contributed by atoms with Crippen LogP contribution in [0.1, 0.15) is 0 Å². The van der Waals surface area contributed by atoms with Gasteiger partial charge in [0.05, 0.1) is 0 Å². The van der Waals surface area contributed by atoms with Gasteiger partial charge in [0.2, 0.25) is 16.1 Å². The van der Waals surface area contributed by atoms with Gasteiger partial charge in [0.15, 0.2) is 11.9 Å². The number of hydrogen-bond acceptors (Lipinski definition) is 8. The van der Waals surface area contributed by atoms with Gasteiger partial charge in [-0.15, -0.1) is 0 Å². The lowest BCUT2D eigenvalue weighted by Gasteiger charge is -2.25. The van der Waals surface area contributed by atoms with Crippen molar-refractivity contribution in [3.05, 3.63) is 11.5 Å². The fourth-order valence-corrected chi connectivity index (χ4v) is 1.97. The van der Waals surface area contributed by atoms with Crippen molar-refractivity contribution in [3.8, 4) is 0 Å². The highest BCUT2D eigenvalue weighted by Crippen LogP contribution is 2.37. The maximum atomic E-state index is 11.9. The highest BCUT2D eigenvalue weighted by atomic mass is 80.0. The van der Waals surface area contributed by atoms with Gasteiger partial charge in [0, 0.05) is 0 Å². The largest absolute Gasteiger partial charge is 0.505 e. The summed E-state index contributed by atoms with van der Waals surface area (Å²) in [6.45, 7) is -0.590. The number of halogens is 6. The fraction of sp³-hybridized carbons (Fsp3) is 0.500. The lowest BCUT2D eigenvalue weighted by atomic mass is 10.2. The van der Waals surface area contributed by atoms with Crippen molar-refractivity contribution in [1.82, 2.24) is 0 Å². The first-order valence-electron chi connectivity index (χ1n) is 5.60. The van der Waals surface area contributed by atoms with Crippen molar-refractivity contribution < 1.29 is 38.8 Å². The molecule has 14 heteroatoms. The third kappa shape index (κ3) is 6.11. The third-order valence-corrected chi connectivity index (χ3v) is 4.32. The number of cyclic esters (lactones) is 1. The van der Waals surface area contributed by atoms with Crippen molar-refractivity contribution in [2.45, 2.75) is 16.5 Å². The van der Waals surface area contributed by atoms with E-state index in [9.17, 15) is 24.6 Å². The lowest BCUT2D eigenvalue weighted by molar-refractivity contribution is -0.169. The maximum absolute atomic E-state index is 11.9. The van der Waals surface area contributed by atoms with Crippen LogP contribution < -0.4 is 0 Å². The average molecular weight is 734 g/mol. The van der Waals surface area contributed by atoms with Crippen molar-refractivity contribution >= 4 is 113 Å². The topological polar surface area (TPSA) is 119 Å². The van der Waals surface area contributed by atoms with E-state index < -0.39 is 52.5 Å². The molecule has 0 saturated heterocycles. The molecule has 0 aromatic carbocycles. The molecule has 0 saturated carbocycles. The normalized spacial score (nSPS) is 19.8. The summed E-state index contributed by atoms with van der Waals surface area (Å²) < 4.78 is 11.8. The van der Waals surface area contributed by atoms with E-state index in [0.29, 0.717) is 0 Å². The van der Waals surface area contributed by atoms with Crippen LogP contribution in [-0.2, 0) is 28.6 Å². The summed E-state index contributed by atoms with van der Waals surface area (Å²) in [5.74, 6) is -4.85. The van der Waals surface area contributed by atoms with Gasteiger partial charge in [-0.3, -0.25) is 0 Å². The summed E-state index contributed by atoms with van der Waals surface area (Å²) in [5, 5.41) is 19.1. The van der Waals surface area contributed by atoms with Crippen LogP contribution in [0, 0.1) is 0 Å². The third-order valence-electron chi connectivity index (χ3n) is 2.38. The number of rotatable bonds is 4. The van der Waals surface area contributed by atoms with E-state index in [-0.39, 0.29) is 0 Å². The van der Waals surface area contributed by atoms with Crippen molar-refractivity contribution in [2.75, 3.05) is 6.61 Å². The van der Waals surface area contributed by atoms with Gasteiger partial charge in [0.1, 0.15) is 6.61 Å². The van der Waals surface area contributed by atoms with Gasteiger partial charge in [-0.1, -0.05) is 0 Å². The minimum absolute atomic E-state index is 0.590. The monoisotopic (exact) mass is 728 g/mol. The first-order chi connectivity index (χ1) is 10.7. The van der Waals surface area contributed by atoms with Crippen LogP contribution in [0.15, 0.2) is 11.5 Å². The molecule has 0 fully saturated rings. The zero-order valence-corrected chi connectivity index (χ0v) is 20.5. The zero-order valence-electron chi connectivity index (χ0n) is 11.0. The first-order valence-corrected chi connectivity index (χ1v) is 10.4. The van der Waals surface area contributed by atoms with Crippen molar-refractivity contribution in [3.63, 3.8) is 0 Å². The van der Waals surface area contributed by atoms with Crippen LogP contribution in [-0.4, -0.2) is 51.2 Å². The molecule has 1 aliphatic rings. The van der Waals surface area contributed by atoms with E-state index in [4.69, 9.17) is 14.2 Å². The molecule has 2 atom stereocenters. The molecule has 0 amide bonds. The van der Waals surface area contributed by atoms with E-state index >= 15 is 0 Å². The molecule has 136 valence electrons. The lowest BCUT2D eigenvalue weighted by Crippen LogP contribution is -2.41. The SMILES string of the molecule is O=C1OC(C(COC(=O)C(Br)(Br)Br)OC(=O)C(Br)(Br)Br)C(O)=C1O. The molecule has 2 N–H and O–H groups in total. The molecule has 0 aromatic rings. The van der Waals surface area contributed by atoms with Crippen molar-refractivity contribution in [1.29, 1.82) is 0 Å². The molecule has 0 aliphatic carbocycles. The zero-order chi connectivity index (χ0) is 18.9. The van der Waals surface area contributed by atoms with Gasteiger partial charge in [-0.2, -0.15) is 0 Å². The number of aliphatic hydroxyl groups excluding tert-OH is 2. The van der Waals surface area contributed by atoms with Crippen LogP contribution in [0.2, 0.25) is 0 Å². The van der Waals surface area contributed by atoms with E-state index in [2.05, 4.69) is 95.6 Å².